The summed E-state index contributed by atoms with van der Waals surface area (Å²) in [6.45, 7) is 0. The topological polar surface area (TPSA) is 83.5 Å². The van der Waals surface area contributed by atoms with Crippen LogP contribution in [0.1, 0.15) is 19.3 Å². The monoisotopic (exact) mass is 353 g/mol. The van der Waals surface area contributed by atoms with Gasteiger partial charge in [0, 0.05) is 6.04 Å². The van der Waals surface area contributed by atoms with Crippen molar-refractivity contribution in [3.05, 3.63) is 15.9 Å². The number of carbonyl (C=O) groups is 1. The quantitative estimate of drug-likeness (QED) is 0.867. The fraction of sp³-hybridized carbons (Fsp3) is 0.500. The number of sulfonamides is 1. The molecular weight excluding hydrogens is 342 g/mol. The summed E-state index contributed by atoms with van der Waals surface area (Å²) in [5.74, 6) is -1.29. The van der Waals surface area contributed by atoms with Gasteiger partial charge in [-0.05, 0) is 47.3 Å². The Morgan fingerprint density at radius 1 is 1.44 bits per heavy atom. The zero-order valence-corrected chi connectivity index (χ0v) is 12.5. The molecule has 0 saturated heterocycles. The van der Waals surface area contributed by atoms with Crippen molar-refractivity contribution in [1.29, 1.82) is 0 Å². The third-order valence-corrected chi connectivity index (χ3v) is 6.55. The Morgan fingerprint density at radius 3 is 2.67 bits per heavy atom. The molecule has 0 amide bonds. The number of halogens is 1. The van der Waals surface area contributed by atoms with Gasteiger partial charge in [-0.2, -0.15) is 0 Å². The number of carboxylic acid groups (broad SMARTS) is 1. The lowest BCUT2D eigenvalue weighted by molar-refractivity contribution is -0.141. The van der Waals surface area contributed by atoms with E-state index in [4.69, 9.17) is 5.11 Å². The van der Waals surface area contributed by atoms with Crippen molar-refractivity contribution in [3.63, 3.8) is 0 Å². The first kappa shape index (κ1) is 14.0. The maximum absolute atomic E-state index is 12.0. The van der Waals surface area contributed by atoms with Crippen molar-refractivity contribution in [2.24, 2.45) is 5.92 Å². The van der Waals surface area contributed by atoms with Crippen molar-refractivity contribution in [2.75, 3.05) is 0 Å². The molecule has 2 rings (SSSR count). The van der Waals surface area contributed by atoms with Crippen molar-refractivity contribution < 1.29 is 18.3 Å². The second kappa shape index (κ2) is 5.28. The van der Waals surface area contributed by atoms with E-state index in [1.807, 2.05) is 0 Å². The van der Waals surface area contributed by atoms with Crippen LogP contribution in [0.15, 0.2) is 20.1 Å². The van der Waals surface area contributed by atoms with Crippen LogP contribution >= 0.6 is 27.3 Å². The molecule has 2 unspecified atom stereocenters. The summed E-state index contributed by atoms with van der Waals surface area (Å²) < 4.78 is 27.6. The molecule has 1 fully saturated rings. The Balaban J connectivity index is 2.04. The number of aliphatic carboxylic acids is 1. The SMILES string of the molecule is O=C(O)C1CCC(NS(=O)(=O)c2ccc(Br)s2)C1. The van der Waals surface area contributed by atoms with Gasteiger partial charge in [0.25, 0.3) is 0 Å². The van der Waals surface area contributed by atoms with Gasteiger partial charge >= 0.3 is 5.97 Å². The van der Waals surface area contributed by atoms with E-state index in [-0.39, 0.29) is 10.3 Å². The van der Waals surface area contributed by atoms with Crippen LogP contribution in [0.4, 0.5) is 0 Å². The van der Waals surface area contributed by atoms with Crippen LogP contribution in [-0.4, -0.2) is 25.5 Å². The number of nitrogens with one attached hydrogen (secondary N) is 1. The van der Waals surface area contributed by atoms with Gasteiger partial charge in [-0.1, -0.05) is 0 Å². The molecule has 1 saturated carbocycles. The Kier molecular flexibility index (Phi) is 4.10. The highest BCUT2D eigenvalue weighted by Gasteiger charge is 2.32. The Hall–Kier alpha value is -0.440. The predicted octanol–water partition coefficient (Wildman–Crippen LogP) is 2.04. The molecule has 0 radical (unpaired) electrons. The van der Waals surface area contributed by atoms with E-state index in [9.17, 15) is 13.2 Å². The van der Waals surface area contributed by atoms with Gasteiger partial charge in [0.2, 0.25) is 10.0 Å². The Bertz CT molecular complexity index is 554. The van der Waals surface area contributed by atoms with Crippen LogP contribution in [-0.2, 0) is 14.8 Å². The van der Waals surface area contributed by atoms with E-state index >= 15 is 0 Å². The molecule has 0 bridgehead atoms. The number of hydrogen-bond acceptors (Lipinski definition) is 4. The largest absolute Gasteiger partial charge is 0.481 e. The van der Waals surface area contributed by atoms with Crippen molar-refractivity contribution in [1.82, 2.24) is 4.72 Å². The molecule has 2 atom stereocenters. The van der Waals surface area contributed by atoms with Crippen LogP contribution < -0.4 is 4.72 Å². The second-order valence-electron chi connectivity index (χ2n) is 4.22. The predicted molar refractivity (Wildman–Crippen MR) is 71.1 cm³/mol. The first-order chi connectivity index (χ1) is 8.38. The lowest BCUT2D eigenvalue weighted by Crippen LogP contribution is -2.32. The molecule has 18 heavy (non-hydrogen) atoms. The molecule has 1 heterocycles. The third-order valence-electron chi connectivity index (χ3n) is 2.92. The van der Waals surface area contributed by atoms with Crippen LogP contribution in [0.2, 0.25) is 0 Å². The van der Waals surface area contributed by atoms with Gasteiger partial charge in [0.05, 0.1) is 9.70 Å². The smallest absolute Gasteiger partial charge is 0.306 e. The summed E-state index contributed by atoms with van der Waals surface area (Å²) in [4.78, 5) is 10.8. The van der Waals surface area contributed by atoms with Crippen LogP contribution in [0.3, 0.4) is 0 Å². The maximum Gasteiger partial charge on any atom is 0.306 e. The standard InChI is InChI=1S/C10H12BrNO4S2/c11-8-3-4-9(17-8)18(15,16)12-7-2-1-6(5-7)10(13)14/h3-4,6-7,12H,1-2,5H2,(H,13,14). The minimum Gasteiger partial charge on any atom is -0.481 e. The fourth-order valence-electron chi connectivity index (χ4n) is 2.03. The first-order valence-electron chi connectivity index (χ1n) is 5.39. The van der Waals surface area contributed by atoms with E-state index in [2.05, 4.69) is 20.7 Å². The van der Waals surface area contributed by atoms with E-state index < -0.39 is 21.9 Å². The Labute approximate surface area is 117 Å². The lowest BCUT2D eigenvalue weighted by atomic mass is 10.1. The highest BCUT2D eigenvalue weighted by molar-refractivity contribution is 9.11. The van der Waals surface area contributed by atoms with Crippen molar-refractivity contribution in [3.8, 4) is 0 Å². The summed E-state index contributed by atoms with van der Waals surface area (Å²) in [6.07, 6.45) is 1.46. The number of thiophene rings is 1. The molecule has 1 aliphatic rings. The minimum atomic E-state index is -3.53. The summed E-state index contributed by atoms with van der Waals surface area (Å²) in [5.41, 5.74) is 0. The molecule has 0 aliphatic heterocycles. The van der Waals surface area contributed by atoms with E-state index in [0.717, 1.165) is 15.1 Å². The summed E-state index contributed by atoms with van der Waals surface area (Å²) in [5, 5.41) is 8.87. The molecule has 100 valence electrons. The molecule has 0 aromatic carbocycles. The highest BCUT2D eigenvalue weighted by Crippen LogP contribution is 2.29. The van der Waals surface area contributed by atoms with E-state index in [1.165, 1.54) is 6.07 Å². The normalized spacial score (nSPS) is 24.3. The molecule has 2 N–H and O–H groups in total. The average molecular weight is 354 g/mol. The first-order valence-corrected chi connectivity index (χ1v) is 8.48. The molecule has 5 nitrogen and oxygen atoms in total. The Morgan fingerprint density at radius 2 is 2.17 bits per heavy atom. The van der Waals surface area contributed by atoms with Gasteiger partial charge in [-0.15, -0.1) is 11.3 Å². The van der Waals surface area contributed by atoms with Gasteiger partial charge in [-0.3, -0.25) is 4.79 Å². The maximum atomic E-state index is 12.0. The lowest BCUT2D eigenvalue weighted by Gasteiger charge is -2.11. The highest BCUT2D eigenvalue weighted by atomic mass is 79.9. The number of rotatable bonds is 4. The third kappa shape index (κ3) is 3.11. The zero-order chi connectivity index (χ0) is 13.3. The van der Waals surface area contributed by atoms with Crippen molar-refractivity contribution >= 4 is 43.3 Å². The van der Waals surface area contributed by atoms with Crippen molar-refractivity contribution in [2.45, 2.75) is 29.5 Å². The summed E-state index contributed by atoms with van der Waals surface area (Å²) in [7, 11) is -3.53. The minimum absolute atomic E-state index is 0.244. The van der Waals surface area contributed by atoms with E-state index in [1.54, 1.807) is 6.07 Å². The fourth-order valence-corrected chi connectivity index (χ4v) is 5.34. The van der Waals surface area contributed by atoms with Gasteiger partial charge in [0.1, 0.15) is 4.21 Å². The molecule has 0 spiro atoms. The average Bonchev–Trinajstić information content (AvgIpc) is 2.86. The van der Waals surface area contributed by atoms with Gasteiger partial charge < -0.3 is 5.11 Å². The number of hydrogen-bond donors (Lipinski definition) is 2. The second-order valence-corrected chi connectivity index (χ2v) is 8.63. The molecule has 8 heteroatoms. The molecule has 1 aromatic heterocycles. The zero-order valence-electron chi connectivity index (χ0n) is 9.30. The molecule has 1 aliphatic carbocycles. The van der Waals surface area contributed by atoms with Crippen LogP contribution in [0.25, 0.3) is 0 Å². The van der Waals surface area contributed by atoms with Crippen LogP contribution in [0, 0.1) is 5.92 Å². The summed E-state index contributed by atoms with van der Waals surface area (Å²) in [6, 6.07) is 2.92. The van der Waals surface area contributed by atoms with E-state index in [0.29, 0.717) is 19.3 Å². The molecule has 1 aromatic rings. The van der Waals surface area contributed by atoms with Gasteiger partial charge in [0.15, 0.2) is 0 Å². The number of carboxylic acids is 1. The van der Waals surface area contributed by atoms with Gasteiger partial charge in [-0.25, -0.2) is 13.1 Å². The van der Waals surface area contributed by atoms with Crippen LogP contribution in [0.5, 0.6) is 0 Å². The summed E-state index contributed by atoms with van der Waals surface area (Å²) >= 11 is 4.35. The molecular formula is C10H12BrNO4S2.